The van der Waals surface area contributed by atoms with Crippen molar-refractivity contribution >= 4 is 28.8 Å². The minimum Gasteiger partial charge on any atom is -0.440 e. The molecule has 4 rings (SSSR count). The highest BCUT2D eigenvalue weighted by atomic mass is 16.6. The molecule has 1 aliphatic heterocycles. The van der Waals surface area contributed by atoms with Crippen LogP contribution in [0.25, 0.3) is 11.2 Å². The third-order valence-electron chi connectivity index (χ3n) is 5.80. The van der Waals surface area contributed by atoms with Crippen molar-refractivity contribution in [3.63, 3.8) is 0 Å². The van der Waals surface area contributed by atoms with Gasteiger partial charge in [0.05, 0.1) is 23.4 Å². The van der Waals surface area contributed by atoms with E-state index in [2.05, 4.69) is 20.3 Å². The molecule has 1 aromatic carbocycles. The molecule has 1 amide bonds. The Morgan fingerprint density at radius 2 is 1.97 bits per heavy atom. The Kier molecular flexibility index (Phi) is 6.86. The fourth-order valence-electron chi connectivity index (χ4n) is 4.05. The maximum absolute atomic E-state index is 12.9. The Labute approximate surface area is 204 Å². The number of benzene rings is 1. The standard InChI is InChI=1S/C22H26N6O8/c1-22(2,3)17(11-6-4-5-7-12(11)28(33)34)36-21(32)26-18-14-19(24-9-23-18)27(10-25-14)20-16(31)15(30)13(8-29)35-20/h4-7,9-10,13,15-17,20,29-31H,8H2,1-3H3,(H,23,24,26,32)/t13-,15?,16+,17?,20-/m1/s1. The number of rotatable bonds is 6. The SMILES string of the molecule is CC(C)(C)C(OC(=O)Nc1ncnc2c1ncn2[C@@H]1O[C@H](CO)C(O)[C@@H]1O)c1ccccc1[N+](=O)[O-]. The van der Waals surface area contributed by atoms with Crippen LogP contribution in [0.4, 0.5) is 16.3 Å². The first-order chi connectivity index (χ1) is 17.0. The third-order valence-corrected chi connectivity index (χ3v) is 5.80. The molecule has 14 heteroatoms. The average Bonchev–Trinajstić information content (AvgIpc) is 3.38. The van der Waals surface area contributed by atoms with Gasteiger partial charge in [-0.2, -0.15) is 0 Å². The minimum atomic E-state index is -1.36. The number of carbonyl (C=O) groups excluding carboxylic acids is 1. The number of nitrogens with one attached hydrogen (secondary N) is 1. The van der Waals surface area contributed by atoms with Crippen LogP contribution in [0.3, 0.4) is 0 Å². The summed E-state index contributed by atoms with van der Waals surface area (Å²) < 4.78 is 12.5. The predicted octanol–water partition coefficient (Wildman–Crippen LogP) is 1.68. The number of aliphatic hydroxyl groups excluding tert-OH is 3. The number of imidazole rings is 1. The molecule has 2 unspecified atom stereocenters. The quantitative estimate of drug-likeness (QED) is 0.283. The van der Waals surface area contributed by atoms with Gasteiger partial charge in [0, 0.05) is 11.5 Å². The Bertz CT molecular complexity index is 1270. The Morgan fingerprint density at radius 3 is 2.61 bits per heavy atom. The van der Waals surface area contributed by atoms with E-state index in [4.69, 9.17) is 9.47 Å². The fourth-order valence-corrected chi connectivity index (χ4v) is 4.05. The molecule has 192 valence electrons. The van der Waals surface area contributed by atoms with Crippen LogP contribution in [0.15, 0.2) is 36.9 Å². The number of anilines is 1. The molecular weight excluding hydrogens is 476 g/mol. The first-order valence-electron chi connectivity index (χ1n) is 11.0. The summed E-state index contributed by atoms with van der Waals surface area (Å²) in [4.78, 5) is 36.2. The number of nitro benzene ring substituents is 1. The summed E-state index contributed by atoms with van der Waals surface area (Å²) in [6.07, 6.45) is -4.19. The monoisotopic (exact) mass is 502 g/mol. The van der Waals surface area contributed by atoms with Crippen molar-refractivity contribution in [1.29, 1.82) is 0 Å². The number of aliphatic hydroxyl groups is 3. The van der Waals surface area contributed by atoms with E-state index in [1.54, 1.807) is 26.8 Å². The number of ether oxygens (including phenoxy) is 2. The lowest BCUT2D eigenvalue weighted by Crippen LogP contribution is -2.33. The van der Waals surface area contributed by atoms with E-state index in [1.807, 2.05) is 0 Å². The van der Waals surface area contributed by atoms with Gasteiger partial charge in [-0.25, -0.2) is 19.7 Å². The van der Waals surface area contributed by atoms with Crippen molar-refractivity contribution in [3.8, 4) is 0 Å². The highest BCUT2D eigenvalue weighted by Crippen LogP contribution is 2.40. The Hall–Kier alpha value is -3.72. The number of carbonyl (C=O) groups is 1. The molecule has 2 aromatic heterocycles. The van der Waals surface area contributed by atoms with E-state index in [0.29, 0.717) is 0 Å². The lowest BCUT2D eigenvalue weighted by molar-refractivity contribution is -0.386. The highest BCUT2D eigenvalue weighted by Gasteiger charge is 2.44. The van der Waals surface area contributed by atoms with Gasteiger partial charge in [-0.3, -0.25) is 20.0 Å². The van der Waals surface area contributed by atoms with Crippen LogP contribution in [0.5, 0.6) is 0 Å². The number of hydrogen-bond acceptors (Lipinski definition) is 11. The normalized spacial score (nSPS) is 22.9. The molecular formula is C22H26N6O8. The average molecular weight is 502 g/mol. The molecule has 0 radical (unpaired) electrons. The van der Waals surface area contributed by atoms with Crippen LogP contribution in [-0.2, 0) is 9.47 Å². The van der Waals surface area contributed by atoms with Crippen molar-refractivity contribution in [2.45, 2.75) is 51.4 Å². The maximum atomic E-state index is 12.9. The molecule has 5 atom stereocenters. The number of nitro groups is 1. The summed E-state index contributed by atoms with van der Waals surface area (Å²) in [5.41, 5.74) is -0.295. The molecule has 0 saturated carbocycles. The van der Waals surface area contributed by atoms with Gasteiger partial charge >= 0.3 is 6.09 Å². The van der Waals surface area contributed by atoms with Crippen LogP contribution in [-0.4, -0.2) is 70.8 Å². The van der Waals surface area contributed by atoms with Gasteiger partial charge in [0.1, 0.15) is 30.7 Å². The first kappa shape index (κ1) is 25.4. The van der Waals surface area contributed by atoms with Gasteiger partial charge in [0.25, 0.3) is 5.69 Å². The van der Waals surface area contributed by atoms with E-state index in [0.717, 1.165) is 6.33 Å². The number of hydrogen-bond donors (Lipinski definition) is 4. The number of fused-ring (bicyclic) bond motifs is 1. The van der Waals surface area contributed by atoms with Gasteiger partial charge in [-0.05, 0) is 6.07 Å². The van der Waals surface area contributed by atoms with Gasteiger partial charge in [0.2, 0.25) is 0 Å². The summed E-state index contributed by atoms with van der Waals surface area (Å²) in [6, 6.07) is 6.03. The molecule has 1 fully saturated rings. The second kappa shape index (κ2) is 9.73. The summed E-state index contributed by atoms with van der Waals surface area (Å²) in [6.45, 7) is 4.86. The largest absolute Gasteiger partial charge is 0.440 e. The van der Waals surface area contributed by atoms with Crippen molar-refractivity contribution in [3.05, 3.63) is 52.6 Å². The molecule has 14 nitrogen and oxygen atoms in total. The second-order valence-electron chi connectivity index (χ2n) is 9.37. The van der Waals surface area contributed by atoms with Crippen LogP contribution < -0.4 is 5.32 Å². The second-order valence-corrected chi connectivity index (χ2v) is 9.37. The number of nitrogens with zero attached hydrogens (tertiary/aromatic N) is 5. The number of aromatic nitrogens is 4. The number of amides is 1. The number of para-hydroxylation sites is 1. The van der Waals surface area contributed by atoms with E-state index in [1.165, 1.54) is 29.1 Å². The lowest BCUT2D eigenvalue weighted by Gasteiger charge is -2.30. The smallest absolute Gasteiger partial charge is 0.413 e. The van der Waals surface area contributed by atoms with Gasteiger partial charge in [-0.1, -0.05) is 32.9 Å². The molecule has 3 aromatic rings. The van der Waals surface area contributed by atoms with Crippen LogP contribution >= 0.6 is 0 Å². The Morgan fingerprint density at radius 1 is 1.25 bits per heavy atom. The van der Waals surface area contributed by atoms with Crippen molar-refractivity contribution in [2.24, 2.45) is 5.41 Å². The summed E-state index contributed by atoms with van der Waals surface area (Å²) in [5, 5.41) is 43.8. The molecule has 0 spiro atoms. The third kappa shape index (κ3) is 4.70. The zero-order valence-corrected chi connectivity index (χ0v) is 19.7. The lowest BCUT2D eigenvalue weighted by atomic mass is 9.84. The van der Waals surface area contributed by atoms with E-state index in [9.17, 15) is 30.2 Å². The van der Waals surface area contributed by atoms with E-state index < -0.39 is 53.7 Å². The Balaban J connectivity index is 1.60. The van der Waals surface area contributed by atoms with Gasteiger partial charge in [-0.15, -0.1) is 0 Å². The molecule has 4 N–H and O–H groups in total. The summed E-state index contributed by atoms with van der Waals surface area (Å²) in [5.74, 6) is -0.00860. The zero-order chi connectivity index (χ0) is 26.2. The van der Waals surface area contributed by atoms with Crippen LogP contribution in [0.2, 0.25) is 0 Å². The van der Waals surface area contributed by atoms with E-state index in [-0.39, 0.29) is 28.2 Å². The van der Waals surface area contributed by atoms with Crippen molar-refractivity contribution in [2.75, 3.05) is 11.9 Å². The first-order valence-corrected chi connectivity index (χ1v) is 11.0. The molecule has 0 bridgehead atoms. The van der Waals surface area contributed by atoms with Crippen LogP contribution in [0, 0.1) is 15.5 Å². The summed E-state index contributed by atoms with van der Waals surface area (Å²) >= 11 is 0. The summed E-state index contributed by atoms with van der Waals surface area (Å²) in [7, 11) is 0. The van der Waals surface area contributed by atoms with Gasteiger partial charge < -0.3 is 24.8 Å². The van der Waals surface area contributed by atoms with Crippen molar-refractivity contribution in [1.82, 2.24) is 19.5 Å². The minimum absolute atomic E-state index is 0.00860. The van der Waals surface area contributed by atoms with Crippen LogP contribution in [0.1, 0.15) is 38.7 Å². The topological polar surface area (TPSA) is 195 Å². The molecule has 3 heterocycles. The fraction of sp³-hybridized carbons (Fsp3) is 0.455. The van der Waals surface area contributed by atoms with E-state index >= 15 is 0 Å². The maximum Gasteiger partial charge on any atom is 0.413 e. The van der Waals surface area contributed by atoms with Crippen molar-refractivity contribution < 1.29 is 34.5 Å². The molecule has 36 heavy (non-hydrogen) atoms. The molecule has 1 aliphatic rings. The predicted molar refractivity (Wildman–Crippen MR) is 124 cm³/mol. The molecule has 1 saturated heterocycles. The molecule has 0 aliphatic carbocycles. The van der Waals surface area contributed by atoms with Gasteiger partial charge in [0.15, 0.2) is 23.2 Å². The zero-order valence-electron chi connectivity index (χ0n) is 19.7. The highest BCUT2D eigenvalue weighted by molar-refractivity contribution is 5.93.